The molecule has 2 aliphatic rings. The number of anilines is 6. The van der Waals surface area contributed by atoms with Crippen molar-refractivity contribution in [2.24, 2.45) is 0 Å². The molecule has 0 unspecified atom stereocenters. The van der Waals surface area contributed by atoms with Gasteiger partial charge in [0.2, 0.25) is 0 Å². The fourth-order valence-corrected chi connectivity index (χ4v) is 4.89. The van der Waals surface area contributed by atoms with E-state index < -0.39 is 0 Å². The van der Waals surface area contributed by atoms with Gasteiger partial charge < -0.3 is 14.7 Å². The van der Waals surface area contributed by atoms with E-state index in [1.807, 2.05) is 0 Å². The van der Waals surface area contributed by atoms with Crippen molar-refractivity contribution < 1.29 is 0 Å². The Morgan fingerprint density at radius 1 is 0.586 bits per heavy atom. The molecule has 0 atom stereocenters. The topological polar surface area (TPSA) is 9.72 Å². The number of fused-ring (bicyclic) bond motifs is 2. The summed E-state index contributed by atoms with van der Waals surface area (Å²) in [5, 5.41) is 0. The van der Waals surface area contributed by atoms with Crippen molar-refractivity contribution in [2.75, 3.05) is 28.4 Å². The van der Waals surface area contributed by atoms with Gasteiger partial charge in [-0.1, -0.05) is 64.1 Å². The first kappa shape index (κ1) is 18.1. The van der Waals surface area contributed by atoms with E-state index in [0.29, 0.717) is 11.8 Å². The van der Waals surface area contributed by atoms with Crippen molar-refractivity contribution >= 4 is 34.1 Å². The van der Waals surface area contributed by atoms with E-state index >= 15 is 0 Å². The lowest BCUT2D eigenvalue weighted by Crippen LogP contribution is -2.29. The number of para-hydroxylation sites is 4. The normalized spacial score (nSPS) is 14.7. The maximum absolute atomic E-state index is 2.54. The van der Waals surface area contributed by atoms with Gasteiger partial charge in [-0.05, 0) is 47.2 Å². The summed E-state index contributed by atoms with van der Waals surface area (Å²) in [6.45, 7) is 10.1. The molecule has 148 valence electrons. The van der Waals surface area contributed by atoms with Crippen LogP contribution in [0.4, 0.5) is 34.1 Å². The van der Waals surface area contributed by atoms with Crippen LogP contribution in [0.3, 0.4) is 0 Å². The van der Waals surface area contributed by atoms with Gasteiger partial charge in [-0.2, -0.15) is 0 Å². The molecule has 0 saturated carbocycles. The first-order valence-electron chi connectivity index (χ1n) is 10.6. The van der Waals surface area contributed by atoms with Crippen molar-refractivity contribution in [1.82, 2.24) is 0 Å². The van der Waals surface area contributed by atoms with Gasteiger partial charge in [0, 0.05) is 12.7 Å². The van der Waals surface area contributed by atoms with Crippen LogP contribution in [0.5, 0.6) is 0 Å². The molecule has 0 aliphatic carbocycles. The molecule has 0 aromatic heterocycles. The summed E-state index contributed by atoms with van der Waals surface area (Å²) in [5.74, 6) is 0.953. The third kappa shape index (κ3) is 2.57. The molecule has 3 nitrogen and oxygen atoms in total. The molecule has 0 saturated heterocycles. The third-order valence-electron chi connectivity index (χ3n) is 6.34. The number of benzene rings is 3. The van der Waals surface area contributed by atoms with E-state index in [1.165, 1.54) is 45.3 Å². The molecule has 3 aromatic rings. The van der Waals surface area contributed by atoms with Crippen molar-refractivity contribution in [3.8, 4) is 0 Å². The van der Waals surface area contributed by atoms with Gasteiger partial charge >= 0.3 is 0 Å². The minimum absolute atomic E-state index is 0.476. The van der Waals surface area contributed by atoms with Gasteiger partial charge in [0.05, 0.1) is 28.4 Å². The van der Waals surface area contributed by atoms with E-state index in [2.05, 4.69) is 110 Å². The summed E-state index contributed by atoms with van der Waals surface area (Å²) in [5.41, 5.74) is 10.7. The third-order valence-corrected chi connectivity index (χ3v) is 6.34. The number of hydrogen-bond donors (Lipinski definition) is 0. The molecule has 0 amide bonds. The highest BCUT2D eigenvalue weighted by Gasteiger charge is 2.37. The lowest BCUT2D eigenvalue weighted by atomic mass is 9.92. The Morgan fingerprint density at radius 3 is 1.76 bits per heavy atom. The Morgan fingerprint density at radius 2 is 1.10 bits per heavy atom. The van der Waals surface area contributed by atoms with Crippen LogP contribution in [0.25, 0.3) is 0 Å². The second kappa shape index (κ2) is 6.55. The van der Waals surface area contributed by atoms with E-state index in [0.717, 1.165) is 6.67 Å². The van der Waals surface area contributed by atoms with Gasteiger partial charge in [-0.3, -0.25) is 0 Å². The summed E-state index contributed by atoms with van der Waals surface area (Å²) in [4.78, 5) is 7.35. The van der Waals surface area contributed by atoms with Gasteiger partial charge in [-0.25, -0.2) is 0 Å². The van der Waals surface area contributed by atoms with Crippen molar-refractivity contribution in [3.63, 3.8) is 0 Å². The molecule has 3 aromatic carbocycles. The second-order valence-electron chi connectivity index (χ2n) is 8.78. The van der Waals surface area contributed by atoms with E-state index in [4.69, 9.17) is 0 Å². The Balaban J connectivity index is 1.76. The molecule has 0 radical (unpaired) electrons. The molecule has 0 spiro atoms. The zero-order valence-electron chi connectivity index (χ0n) is 18.0. The molecule has 0 fully saturated rings. The van der Waals surface area contributed by atoms with Crippen LogP contribution >= 0.6 is 0 Å². The minimum atomic E-state index is 0.476. The molecule has 2 aliphatic heterocycles. The summed E-state index contributed by atoms with van der Waals surface area (Å²) in [6.07, 6.45) is 0. The van der Waals surface area contributed by atoms with Crippen LogP contribution in [0, 0.1) is 0 Å². The number of nitrogens with zero attached hydrogens (tertiary/aromatic N) is 3. The van der Waals surface area contributed by atoms with E-state index in [9.17, 15) is 0 Å². The van der Waals surface area contributed by atoms with Gasteiger partial charge in [-0.15, -0.1) is 0 Å². The molecule has 5 rings (SSSR count). The highest BCUT2D eigenvalue weighted by Crippen LogP contribution is 2.56. The van der Waals surface area contributed by atoms with Crippen LogP contribution in [-0.4, -0.2) is 13.7 Å². The fraction of sp³-hybridized carbons (Fsp3) is 0.308. The summed E-state index contributed by atoms with van der Waals surface area (Å²) >= 11 is 0. The zero-order chi connectivity index (χ0) is 20.3. The predicted molar refractivity (Wildman–Crippen MR) is 125 cm³/mol. The molecule has 2 heterocycles. The number of hydrogen-bond acceptors (Lipinski definition) is 3. The maximum Gasteiger partial charge on any atom is 0.100 e. The summed E-state index contributed by atoms with van der Waals surface area (Å²) < 4.78 is 0. The van der Waals surface area contributed by atoms with Gasteiger partial charge in [0.25, 0.3) is 0 Å². The highest BCUT2D eigenvalue weighted by molar-refractivity contribution is 6.03. The number of rotatable bonds is 3. The average Bonchev–Trinajstić information content (AvgIpc) is 3.11. The first-order chi connectivity index (χ1) is 14.0. The smallest absolute Gasteiger partial charge is 0.100 e. The molecule has 0 bridgehead atoms. The monoisotopic (exact) mass is 383 g/mol. The van der Waals surface area contributed by atoms with Crippen molar-refractivity contribution in [2.45, 2.75) is 39.5 Å². The summed E-state index contributed by atoms with van der Waals surface area (Å²) in [7, 11) is 2.18. The van der Waals surface area contributed by atoms with Gasteiger partial charge in [0.1, 0.15) is 6.67 Å². The van der Waals surface area contributed by atoms with E-state index in [1.54, 1.807) is 0 Å². The Bertz CT molecular complexity index is 1060. The Kier molecular flexibility index (Phi) is 4.09. The van der Waals surface area contributed by atoms with Crippen molar-refractivity contribution in [3.05, 3.63) is 71.8 Å². The Labute approximate surface area is 174 Å². The maximum atomic E-state index is 2.54. The minimum Gasteiger partial charge on any atom is -0.341 e. The lowest BCUT2D eigenvalue weighted by molar-refractivity contribution is 0.818. The van der Waals surface area contributed by atoms with Crippen LogP contribution in [-0.2, 0) is 0 Å². The molecule has 29 heavy (non-hydrogen) atoms. The van der Waals surface area contributed by atoms with Crippen LogP contribution in [0.15, 0.2) is 60.7 Å². The van der Waals surface area contributed by atoms with Crippen LogP contribution in [0.2, 0.25) is 0 Å². The average molecular weight is 384 g/mol. The Hall–Kier alpha value is -2.94. The predicted octanol–water partition coefficient (Wildman–Crippen LogP) is 7.26. The summed E-state index contributed by atoms with van der Waals surface area (Å²) in [6, 6.07) is 22.3. The highest BCUT2D eigenvalue weighted by atomic mass is 15.4. The molecule has 3 heteroatoms. The van der Waals surface area contributed by atoms with Gasteiger partial charge in [0.15, 0.2) is 0 Å². The second-order valence-corrected chi connectivity index (χ2v) is 8.78. The molecular formula is C26H29N3. The standard InChI is InChI=1S/C26H29N3/c1-17(2)19-10-8-11-20(18(3)4)25(19)29-16-28-22-13-7-6-12-21(22)27(5)23-14-9-15-24(29)26(23)28/h6-15,17-18H,16H2,1-5H3. The zero-order valence-corrected chi connectivity index (χ0v) is 18.0. The van der Waals surface area contributed by atoms with E-state index in [-0.39, 0.29) is 0 Å². The van der Waals surface area contributed by atoms with Crippen molar-refractivity contribution in [1.29, 1.82) is 0 Å². The lowest BCUT2D eigenvalue weighted by Gasteiger charge is -2.35. The molecule has 0 N–H and O–H groups in total. The SMILES string of the molecule is CC(C)c1cccc(C(C)C)c1N1CN2c3ccccc3N(C)c3cccc1c32. The first-order valence-corrected chi connectivity index (χ1v) is 10.6. The fourth-order valence-electron chi connectivity index (χ4n) is 4.89. The van der Waals surface area contributed by atoms with Crippen LogP contribution < -0.4 is 14.7 Å². The van der Waals surface area contributed by atoms with Crippen LogP contribution in [0.1, 0.15) is 50.7 Å². The molecular weight excluding hydrogens is 354 g/mol. The quantitative estimate of drug-likeness (QED) is 0.471. The largest absolute Gasteiger partial charge is 0.341 e.